The van der Waals surface area contributed by atoms with E-state index in [1.54, 1.807) is 12.1 Å². The van der Waals surface area contributed by atoms with E-state index in [-0.39, 0.29) is 5.82 Å². The van der Waals surface area contributed by atoms with Crippen LogP contribution in [0.2, 0.25) is 0 Å². The van der Waals surface area contributed by atoms with Gasteiger partial charge in [-0.05, 0) is 49.7 Å². The second-order valence-electron chi connectivity index (χ2n) is 5.83. The molecular formula is C17H21FN2O. The van der Waals surface area contributed by atoms with Crippen molar-refractivity contribution >= 4 is 0 Å². The monoisotopic (exact) mass is 288 g/mol. The normalized spacial score (nSPS) is 14.8. The third-order valence-corrected chi connectivity index (χ3v) is 3.63. The van der Waals surface area contributed by atoms with Gasteiger partial charge >= 0.3 is 0 Å². The molecule has 1 N–H and O–H groups in total. The summed E-state index contributed by atoms with van der Waals surface area (Å²) in [5.74, 6) is 1.74. The Balaban J connectivity index is 1.50. The van der Waals surface area contributed by atoms with E-state index in [0.717, 1.165) is 30.2 Å². The van der Waals surface area contributed by atoms with Gasteiger partial charge in [-0.2, -0.15) is 0 Å². The lowest BCUT2D eigenvalue weighted by Gasteiger charge is -2.15. The van der Waals surface area contributed by atoms with Gasteiger partial charge in [0, 0.05) is 12.6 Å². The van der Waals surface area contributed by atoms with E-state index < -0.39 is 0 Å². The molecule has 3 nitrogen and oxygen atoms in total. The second-order valence-corrected chi connectivity index (χ2v) is 5.83. The molecule has 0 amide bonds. The van der Waals surface area contributed by atoms with Crippen molar-refractivity contribution in [3.63, 3.8) is 0 Å². The summed E-state index contributed by atoms with van der Waals surface area (Å²) in [7, 11) is 2.01. The quantitative estimate of drug-likeness (QED) is 0.847. The summed E-state index contributed by atoms with van der Waals surface area (Å²) < 4.78 is 19.0. The summed E-state index contributed by atoms with van der Waals surface area (Å²) in [6.07, 6.45) is 2.56. The fourth-order valence-corrected chi connectivity index (χ4v) is 2.40. The number of benzene rings is 1. The lowest BCUT2D eigenvalue weighted by Crippen LogP contribution is -2.17. The summed E-state index contributed by atoms with van der Waals surface area (Å²) in [6, 6.07) is 11.5. The van der Waals surface area contributed by atoms with Gasteiger partial charge in [0.25, 0.3) is 0 Å². The third-order valence-electron chi connectivity index (χ3n) is 3.63. The molecular weight excluding hydrogens is 267 g/mol. The van der Waals surface area contributed by atoms with Crippen LogP contribution in [-0.2, 0) is 19.6 Å². The third kappa shape index (κ3) is 4.41. The van der Waals surface area contributed by atoms with Gasteiger partial charge in [-0.3, -0.25) is 4.90 Å². The van der Waals surface area contributed by atoms with Gasteiger partial charge in [-0.1, -0.05) is 12.1 Å². The maximum absolute atomic E-state index is 13.2. The first-order valence-electron chi connectivity index (χ1n) is 7.43. The topological polar surface area (TPSA) is 28.4 Å². The maximum Gasteiger partial charge on any atom is 0.123 e. The number of hydrogen-bond donors (Lipinski definition) is 1. The molecule has 1 fully saturated rings. The van der Waals surface area contributed by atoms with Crippen molar-refractivity contribution in [3.05, 3.63) is 59.3 Å². The van der Waals surface area contributed by atoms with Gasteiger partial charge < -0.3 is 9.73 Å². The molecule has 0 saturated heterocycles. The Morgan fingerprint density at radius 2 is 2.00 bits per heavy atom. The van der Waals surface area contributed by atoms with Crippen LogP contribution in [0.1, 0.15) is 29.9 Å². The van der Waals surface area contributed by atoms with E-state index in [4.69, 9.17) is 4.42 Å². The molecule has 2 aromatic rings. The molecule has 1 heterocycles. The standard InChI is InChI=1S/C17H21FN2O/c1-20(11-13-3-2-4-14(18)9-13)12-17-8-7-16(21-17)10-19-15-5-6-15/h2-4,7-9,15,19H,5-6,10-12H2,1H3. The maximum atomic E-state index is 13.2. The van der Waals surface area contributed by atoms with Crippen LogP contribution in [0, 0.1) is 5.82 Å². The highest BCUT2D eigenvalue weighted by Gasteiger charge is 2.20. The van der Waals surface area contributed by atoms with Crippen LogP contribution in [0.15, 0.2) is 40.8 Å². The molecule has 4 heteroatoms. The minimum Gasteiger partial charge on any atom is -0.463 e. The Labute approximate surface area is 124 Å². The fraction of sp³-hybridized carbons (Fsp3) is 0.412. The number of nitrogens with zero attached hydrogens (tertiary/aromatic N) is 1. The summed E-state index contributed by atoms with van der Waals surface area (Å²) in [5.41, 5.74) is 0.972. The molecule has 1 aliphatic rings. The predicted molar refractivity (Wildman–Crippen MR) is 80.1 cm³/mol. The van der Waals surface area contributed by atoms with Crippen LogP contribution < -0.4 is 5.32 Å². The van der Waals surface area contributed by atoms with Gasteiger partial charge in [0.15, 0.2) is 0 Å². The van der Waals surface area contributed by atoms with Crippen molar-refractivity contribution in [1.82, 2.24) is 10.2 Å². The minimum absolute atomic E-state index is 0.188. The lowest BCUT2D eigenvalue weighted by atomic mass is 10.2. The number of halogens is 1. The Bertz CT molecular complexity index is 592. The molecule has 1 aromatic carbocycles. The molecule has 0 bridgehead atoms. The average molecular weight is 288 g/mol. The predicted octanol–water partition coefficient (Wildman–Crippen LogP) is 3.30. The highest BCUT2D eigenvalue weighted by molar-refractivity contribution is 5.16. The molecule has 1 aliphatic carbocycles. The summed E-state index contributed by atoms with van der Waals surface area (Å²) >= 11 is 0. The van der Waals surface area contributed by atoms with Crippen molar-refractivity contribution < 1.29 is 8.81 Å². The van der Waals surface area contributed by atoms with Crippen LogP contribution in [0.4, 0.5) is 4.39 Å². The van der Waals surface area contributed by atoms with Crippen molar-refractivity contribution in [2.24, 2.45) is 0 Å². The zero-order valence-electron chi connectivity index (χ0n) is 12.3. The van der Waals surface area contributed by atoms with Gasteiger partial charge in [0.05, 0.1) is 13.1 Å². The summed E-state index contributed by atoms with van der Waals surface area (Å²) in [5, 5.41) is 3.44. The molecule has 112 valence electrons. The Kier molecular flexibility index (Phi) is 4.36. The first-order chi connectivity index (χ1) is 10.2. The Morgan fingerprint density at radius 1 is 1.19 bits per heavy atom. The zero-order chi connectivity index (χ0) is 14.7. The lowest BCUT2D eigenvalue weighted by molar-refractivity contribution is 0.282. The molecule has 21 heavy (non-hydrogen) atoms. The van der Waals surface area contributed by atoms with Gasteiger partial charge in [-0.15, -0.1) is 0 Å². The summed E-state index contributed by atoms with van der Waals surface area (Å²) in [6.45, 7) is 2.23. The number of nitrogens with one attached hydrogen (secondary N) is 1. The molecule has 3 rings (SSSR count). The van der Waals surface area contributed by atoms with E-state index in [0.29, 0.717) is 12.6 Å². The average Bonchev–Trinajstić information content (AvgIpc) is 3.17. The number of rotatable bonds is 7. The van der Waals surface area contributed by atoms with Crippen LogP contribution in [0.25, 0.3) is 0 Å². The number of hydrogen-bond acceptors (Lipinski definition) is 3. The fourth-order valence-electron chi connectivity index (χ4n) is 2.40. The van der Waals surface area contributed by atoms with Gasteiger partial charge in [0.1, 0.15) is 17.3 Å². The molecule has 0 aliphatic heterocycles. The molecule has 0 atom stereocenters. The van der Waals surface area contributed by atoms with E-state index in [1.165, 1.54) is 18.9 Å². The van der Waals surface area contributed by atoms with E-state index >= 15 is 0 Å². The van der Waals surface area contributed by atoms with Gasteiger partial charge in [0.2, 0.25) is 0 Å². The first-order valence-corrected chi connectivity index (χ1v) is 7.43. The highest BCUT2D eigenvalue weighted by atomic mass is 19.1. The summed E-state index contributed by atoms with van der Waals surface area (Å²) in [4.78, 5) is 2.12. The molecule has 0 radical (unpaired) electrons. The smallest absolute Gasteiger partial charge is 0.123 e. The van der Waals surface area contributed by atoms with Crippen molar-refractivity contribution in [2.75, 3.05) is 7.05 Å². The van der Waals surface area contributed by atoms with E-state index in [2.05, 4.69) is 10.2 Å². The second kappa shape index (κ2) is 6.41. The molecule has 0 spiro atoms. The largest absolute Gasteiger partial charge is 0.463 e. The van der Waals surface area contributed by atoms with E-state index in [9.17, 15) is 4.39 Å². The van der Waals surface area contributed by atoms with Gasteiger partial charge in [-0.25, -0.2) is 4.39 Å². The van der Waals surface area contributed by atoms with Crippen LogP contribution in [-0.4, -0.2) is 18.0 Å². The van der Waals surface area contributed by atoms with E-state index in [1.807, 2.05) is 25.2 Å². The molecule has 1 aromatic heterocycles. The number of furan rings is 1. The SMILES string of the molecule is CN(Cc1cccc(F)c1)Cc1ccc(CNC2CC2)o1. The first kappa shape index (κ1) is 14.3. The molecule has 0 unspecified atom stereocenters. The minimum atomic E-state index is -0.188. The zero-order valence-corrected chi connectivity index (χ0v) is 12.3. The Morgan fingerprint density at radius 3 is 2.76 bits per heavy atom. The van der Waals surface area contributed by atoms with Crippen molar-refractivity contribution in [3.8, 4) is 0 Å². The van der Waals surface area contributed by atoms with Crippen molar-refractivity contribution in [2.45, 2.75) is 38.5 Å². The molecule has 1 saturated carbocycles. The Hall–Kier alpha value is -1.65. The van der Waals surface area contributed by atoms with Crippen LogP contribution in [0.3, 0.4) is 0 Å². The van der Waals surface area contributed by atoms with Crippen LogP contribution in [0.5, 0.6) is 0 Å². The van der Waals surface area contributed by atoms with Crippen LogP contribution >= 0.6 is 0 Å². The highest BCUT2D eigenvalue weighted by Crippen LogP contribution is 2.20. The van der Waals surface area contributed by atoms with Crippen molar-refractivity contribution in [1.29, 1.82) is 0 Å².